The van der Waals surface area contributed by atoms with Gasteiger partial charge in [0.05, 0.1) is 0 Å². The summed E-state index contributed by atoms with van der Waals surface area (Å²) in [6.07, 6.45) is 10.1. The Hall–Kier alpha value is 0.177. The van der Waals surface area contributed by atoms with Crippen molar-refractivity contribution in [1.29, 1.82) is 0 Å². The lowest BCUT2D eigenvalue weighted by molar-refractivity contribution is 0.221. The minimum atomic E-state index is -0.768. The van der Waals surface area contributed by atoms with E-state index in [4.69, 9.17) is 4.43 Å². The van der Waals surface area contributed by atoms with Crippen LogP contribution in [0.25, 0.3) is 0 Å². The monoisotopic (exact) mass is 200 g/mol. The van der Waals surface area contributed by atoms with E-state index < -0.39 is 9.04 Å². The van der Waals surface area contributed by atoms with Gasteiger partial charge < -0.3 is 4.43 Å². The van der Waals surface area contributed by atoms with Crippen LogP contribution in [0.3, 0.4) is 0 Å². The Balaban J connectivity index is 2.14. The van der Waals surface area contributed by atoms with E-state index in [2.05, 4.69) is 13.1 Å². The highest BCUT2D eigenvalue weighted by molar-refractivity contribution is 6.48. The van der Waals surface area contributed by atoms with E-state index in [-0.39, 0.29) is 0 Å². The van der Waals surface area contributed by atoms with E-state index in [0.717, 1.165) is 12.5 Å². The van der Waals surface area contributed by atoms with Crippen molar-refractivity contribution in [3.63, 3.8) is 0 Å². The van der Waals surface area contributed by atoms with E-state index in [1.165, 1.54) is 44.9 Å². The van der Waals surface area contributed by atoms with Gasteiger partial charge in [0.2, 0.25) is 0 Å². The molecule has 0 unspecified atom stereocenters. The highest BCUT2D eigenvalue weighted by Gasteiger charge is 2.11. The molecule has 0 heterocycles. The van der Waals surface area contributed by atoms with Crippen LogP contribution in [0.4, 0.5) is 0 Å². The number of rotatable bonds is 3. The van der Waals surface area contributed by atoms with E-state index in [0.29, 0.717) is 0 Å². The molecule has 78 valence electrons. The molecule has 0 aromatic carbocycles. The predicted molar refractivity (Wildman–Crippen MR) is 60.6 cm³/mol. The molecule has 0 saturated heterocycles. The first-order valence-electron chi connectivity index (χ1n) is 5.90. The smallest absolute Gasteiger partial charge is 0.170 e. The summed E-state index contributed by atoms with van der Waals surface area (Å²) in [5, 5.41) is 0. The van der Waals surface area contributed by atoms with Crippen LogP contribution in [0.2, 0.25) is 13.1 Å². The molecule has 1 aliphatic rings. The first-order chi connectivity index (χ1) is 6.29. The van der Waals surface area contributed by atoms with Crippen molar-refractivity contribution in [2.75, 3.05) is 6.61 Å². The third kappa shape index (κ3) is 5.48. The zero-order chi connectivity index (χ0) is 9.52. The van der Waals surface area contributed by atoms with Crippen LogP contribution in [-0.4, -0.2) is 15.6 Å². The zero-order valence-electron chi connectivity index (χ0n) is 9.22. The first kappa shape index (κ1) is 11.3. The summed E-state index contributed by atoms with van der Waals surface area (Å²) in [4.78, 5) is 0. The maximum Gasteiger partial charge on any atom is 0.170 e. The van der Waals surface area contributed by atoms with Crippen LogP contribution in [0.1, 0.15) is 44.9 Å². The average molecular weight is 200 g/mol. The molecule has 0 spiro atoms. The van der Waals surface area contributed by atoms with Crippen molar-refractivity contribution in [3.05, 3.63) is 0 Å². The molecule has 0 aliphatic heterocycles. The lowest BCUT2D eigenvalue weighted by Crippen LogP contribution is -2.17. The van der Waals surface area contributed by atoms with Gasteiger partial charge in [-0.1, -0.05) is 32.1 Å². The fraction of sp³-hybridized carbons (Fsp3) is 1.00. The summed E-state index contributed by atoms with van der Waals surface area (Å²) in [5.74, 6) is 0.884. The topological polar surface area (TPSA) is 9.23 Å². The molecule has 0 radical (unpaired) electrons. The van der Waals surface area contributed by atoms with Gasteiger partial charge in [0.15, 0.2) is 9.04 Å². The Morgan fingerprint density at radius 2 is 1.54 bits per heavy atom. The van der Waals surface area contributed by atoms with Gasteiger partial charge in [-0.05, 0) is 31.9 Å². The maximum absolute atomic E-state index is 5.82. The van der Waals surface area contributed by atoms with Gasteiger partial charge in [-0.15, -0.1) is 0 Å². The van der Waals surface area contributed by atoms with E-state index in [9.17, 15) is 0 Å². The summed E-state index contributed by atoms with van der Waals surface area (Å²) in [6, 6.07) is 0. The molecule has 0 N–H and O–H groups in total. The molecule has 1 aliphatic carbocycles. The van der Waals surface area contributed by atoms with Gasteiger partial charge in [0.1, 0.15) is 0 Å². The Morgan fingerprint density at radius 3 is 2.08 bits per heavy atom. The van der Waals surface area contributed by atoms with Crippen molar-refractivity contribution in [2.45, 2.75) is 58.0 Å². The highest BCUT2D eigenvalue weighted by Crippen LogP contribution is 2.22. The van der Waals surface area contributed by atoms with E-state index in [1.807, 2.05) is 0 Å². The van der Waals surface area contributed by atoms with Crippen molar-refractivity contribution < 1.29 is 4.43 Å². The molecule has 0 aromatic rings. The largest absolute Gasteiger partial charge is 0.420 e. The summed E-state index contributed by atoms with van der Waals surface area (Å²) < 4.78 is 5.82. The molecule has 0 bridgehead atoms. The standard InChI is InChI=1S/C11H24OSi/c1-13(2)12-10-11-8-6-4-3-5-7-9-11/h11,13H,3-10H2,1-2H3. The summed E-state index contributed by atoms with van der Waals surface area (Å²) in [6.45, 7) is 5.59. The second kappa shape index (κ2) is 6.60. The molecule has 0 amide bonds. The van der Waals surface area contributed by atoms with Crippen molar-refractivity contribution in [1.82, 2.24) is 0 Å². The molecule has 0 atom stereocenters. The van der Waals surface area contributed by atoms with Crippen LogP contribution in [0.15, 0.2) is 0 Å². The Morgan fingerprint density at radius 1 is 1.00 bits per heavy atom. The van der Waals surface area contributed by atoms with Crippen molar-refractivity contribution >= 4 is 9.04 Å². The van der Waals surface area contributed by atoms with Crippen LogP contribution < -0.4 is 0 Å². The Bertz CT molecular complexity index is 117. The maximum atomic E-state index is 5.82. The van der Waals surface area contributed by atoms with Gasteiger partial charge in [-0.25, -0.2) is 0 Å². The molecule has 1 fully saturated rings. The van der Waals surface area contributed by atoms with Gasteiger partial charge in [-0.3, -0.25) is 0 Å². The van der Waals surface area contributed by atoms with Crippen LogP contribution in [0.5, 0.6) is 0 Å². The SMILES string of the molecule is C[SiH](C)OCC1CCCCCCC1. The summed E-state index contributed by atoms with van der Waals surface area (Å²) >= 11 is 0. The summed E-state index contributed by atoms with van der Waals surface area (Å²) in [7, 11) is -0.768. The van der Waals surface area contributed by atoms with Gasteiger partial charge >= 0.3 is 0 Å². The molecular formula is C11H24OSi. The second-order valence-corrected chi connectivity index (χ2v) is 7.02. The van der Waals surface area contributed by atoms with Gasteiger partial charge in [0.25, 0.3) is 0 Å². The normalized spacial score (nSPS) is 21.5. The van der Waals surface area contributed by atoms with Crippen molar-refractivity contribution in [3.8, 4) is 0 Å². The Kier molecular flexibility index (Phi) is 5.72. The van der Waals surface area contributed by atoms with Gasteiger partial charge in [-0.2, -0.15) is 0 Å². The van der Waals surface area contributed by atoms with Crippen molar-refractivity contribution in [2.24, 2.45) is 5.92 Å². The van der Waals surface area contributed by atoms with Crippen LogP contribution in [-0.2, 0) is 4.43 Å². The third-order valence-electron chi connectivity index (χ3n) is 2.89. The minimum absolute atomic E-state index is 0.768. The Labute approximate surface area is 84.6 Å². The van der Waals surface area contributed by atoms with Crippen LogP contribution >= 0.6 is 0 Å². The molecule has 13 heavy (non-hydrogen) atoms. The molecule has 2 heteroatoms. The van der Waals surface area contributed by atoms with E-state index >= 15 is 0 Å². The molecule has 1 saturated carbocycles. The minimum Gasteiger partial charge on any atom is -0.420 e. The zero-order valence-corrected chi connectivity index (χ0v) is 10.4. The number of hydrogen-bond donors (Lipinski definition) is 0. The fourth-order valence-electron chi connectivity index (χ4n) is 2.04. The van der Waals surface area contributed by atoms with Crippen LogP contribution in [0, 0.1) is 5.92 Å². The molecular weight excluding hydrogens is 176 g/mol. The van der Waals surface area contributed by atoms with Gasteiger partial charge in [0, 0.05) is 6.61 Å². The lowest BCUT2D eigenvalue weighted by atomic mass is 9.92. The third-order valence-corrected chi connectivity index (χ3v) is 3.75. The first-order valence-corrected chi connectivity index (χ1v) is 8.68. The molecule has 0 aromatic heterocycles. The molecule has 1 nitrogen and oxygen atoms in total. The predicted octanol–water partition coefficient (Wildman–Crippen LogP) is 3.35. The highest BCUT2D eigenvalue weighted by atomic mass is 28.3. The lowest BCUT2D eigenvalue weighted by Gasteiger charge is -2.20. The summed E-state index contributed by atoms with van der Waals surface area (Å²) in [5.41, 5.74) is 0. The average Bonchev–Trinajstić information content (AvgIpc) is 2.01. The second-order valence-electron chi connectivity index (χ2n) is 4.59. The number of hydrogen-bond acceptors (Lipinski definition) is 1. The van der Waals surface area contributed by atoms with E-state index in [1.54, 1.807) is 0 Å². The molecule has 1 rings (SSSR count). The quantitative estimate of drug-likeness (QED) is 0.635. The fourth-order valence-corrected chi connectivity index (χ4v) is 2.69.